The molecule has 3 heterocycles. The summed E-state index contributed by atoms with van der Waals surface area (Å²) in [5.41, 5.74) is 16.8. The van der Waals surface area contributed by atoms with E-state index in [-0.39, 0.29) is 0 Å². The molecule has 2 aliphatic rings. The zero-order valence-electron chi connectivity index (χ0n) is 49.3. The molecule has 1 spiro atoms. The van der Waals surface area contributed by atoms with E-state index in [1.54, 1.807) is 14.2 Å². The highest BCUT2D eigenvalue weighted by Crippen LogP contribution is 2.64. The van der Waals surface area contributed by atoms with Gasteiger partial charge in [-0.15, -0.1) is 0 Å². The topological polar surface area (TPSA) is 71.3 Å². The van der Waals surface area contributed by atoms with Gasteiger partial charge < -0.3 is 43.0 Å². The van der Waals surface area contributed by atoms with Crippen molar-refractivity contribution in [2.45, 2.75) is 32.4 Å². The Hall–Kier alpha value is -11.2. The molecule has 0 fully saturated rings. The Morgan fingerprint density at radius 2 is 1.07 bits per heavy atom. The maximum atomic E-state index is 6.93. The minimum Gasteiger partial charge on any atom is -0.497 e. The highest BCUT2D eigenvalue weighted by Gasteiger charge is 2.52. The van der Waals surface area contributed by atoms with Crippen molar-refractivity contribution >= 4 is 61.5 Å². The molecule has 9 nitrogen and oxygen atoms in total. The quantitative estimate of drug-likeness (QED) is 0.0967. The van der Waals surface area contributed by atoms with Crippen LogP contribution < -0.4 is 33.9 Å². The van der Waals surface area contributed by atoms with Gasteiger partial charge in [0.05, 0.1) is 19.6 Å². The Kier molecular flexibility index (Phi) is 13.4. The van der Waals surface area contributed by atoms with Crippen molar-refractivity contribution in [3.05, 3.63) is 295 Å². The normalized spacial score (nSPS) is 12.6. The van der Waals surface area contributed by atoms with Crippen LogP contribution in [0.5, 0.6) is 46.0 Å². The number of allylic oxidation sites excluding steroid dienone is 1. The van der Waals surface area contributed by atoms with Crippen LogP contribution in [0.2, 0.25) is 0 Å². The number of hydrogen-bond acceptors (Lipinski definition) is 7. The van der Waals surface area contributed by atoms with Crippen LogP contribution in [0.25, 0.3) is 61.0 Å². The van der Waals surface area contributed by atoms with E-state index in [4.69, 9.17) is 30.3 Å². The third-order valence-electron chi connectivity index (χ3n) is 17.4. The summed E-state index contributed by atoms with van der Waals surface area (Å²) < 4.78 is 36.0. The summed E-state index contributed by atoms with van der Waals surface area (Å²) in [4.78, 5) is 2.24. The van der Waals surface area contributed by atoms with Crippen molar-refractivity contribution in [1.82, 2.24) is 9.13 Å². The van der Waals surface area contributed by atoms with E-state index in [1.165, 1.54) is 0 Å². The smallest absolute Gasteiger partial charge is 0.132 e. The van der Waals surface area contributed by atoms with E-state index >= 15 is 0 Å². The second kappa shape index (κ2) is 22.0. The van der Waals surface area contributed by atoms with E-state index < -0.39 is 5.41 Å². The average molecular weight is 1150 g/mol. The van der Waals surface area contributed by atoms with Crippen LogP contribution in [-0.2, 0) is 18.5 Å². The number of fused-ring (bicyclic) bond motifs is 13. The monoisotopic (exact) mass is 1150 g/mol. The predicted octanol–water partition coefficient (Wildman–Crippen LogP) is 20.6. The largest absolute Gasteiger partial charge is 0.497 e. The van der Waals surface area contributed by atoms with Crippen LogP contribution in [0.15, 0.2) is 267 Å². The SMILES string of the molecule is C=C(/C=C\c1cc2cc(Oc3ccccc3)ccc2n1CC)N(c1ccc(OC)cc1)c1ccc2c(c1)C1(c3ccccc3Oc3ccccc31)c1cc(Nc3ccc4c(c3)c3cc(Oc5ccccc5)ccc3n4CC)c(-c3cccc(OC)c3)cc1-2. The van der Waals surface area contributed by atoms with Crippen LogP contribution in [0.3, 0.4) is 0 Å². The lowest BCUT2D eigenvalue weighted by molar-refractivity contribution is 0.415. The number of ether oxygens (including phenoxy) is 5. The lowest BCUT2D eigenvalue weighted by atomic mass is 9.66. The van der Waals surface area contributed by atoms with E-state index in [2.05, 4.69) is 209 Å². The number of aromatic nitrogens is 2. The zero-order chi connectivity index (χ0) is 59.5. The molecule has 0 saturated heterocycles. The minimum absolute atomic E-state index is 0.762. The van der Waals surface area contributed by atoms with Crippen molar-refractivity contribution in [2.24, 2.45) is 0 Å². The highest BCUT2D eigenvalue weighted by atomic mass is 16.5. The first-order valence-corrected chi connectivity index (χ1v) is 29.9. The third kappa shape index (κ3) is 9.09. The maximum Gasteiger partial charge on any atom is 0.132 e. The molecule has 11 aromatic carbocycles. The van der Waals surface area contributed by atoms with Crippen LogP contribution in [0.1, 0.15) is 41.8 Å². The van der Waals surface area contributed by atoms with Gasteiger partial charge in [-0.25, -0.2) is 0 Å². The van der Waals surface area contributed by atoms with E-state index in [0.717, 1.165) is 170 Å². The maximum absolute atomic E-state index is 6.93. The number of aryl methyl sites for hydroxylation is 2. The van der Waals surface area contributed by atoms with Crippen molar-refractivity contribution in [3.8, 4) is 68.2 Å². The molecular formula is C79H62N4O5. The van der Waals surface area contributed by atoms with Gasteiger partial charge in [0.2, 0.25) is 0 Å². The standard InChI is InChI=1S/C79H62N4O5/c1-6-81-56(43-53-45-62(37-41-74(53)81)86-59-20-10-8-11-21-59)31-29-51(3)83(55-32-35-58(84-4)36-33-55)57-34-39-64-66-49-65(52-19-18-24-61(44-52)85-5)73(50-72(66)79(71(64)47-57)69-25-14-16-27-77(69)88-78-28-17-15-26-70(78)79)80-54-30-40-75-67(46-54)68-48-63(38-42-76(68)82(75)7-2)87-60-22-12-9-13-23-60/h8-50,80H,3,6-7H2,1-2,4-5H3/b31-29-. The molecule has 0 bridgehead atoms. The van der Waals surface area contributed by atoms with Gasteiger partial charge in [0.15, 0.2) is 0 Å². The Balaban J connectivity index is 0.899. The molecule has 13 aromatic rings. The van der Waals surface area contributed by atoms with Crippen LogP contribution >= 0.6 is 0 Å². The summed E-state index contributed by atoms with van der Waals surface area (Å²) in [5, 5.41) is 7.38. The summed E-state index contributed by atoms with van der Waals surface area (Å²) in [5.74, 6) is 6.29. The first-order chi connectivity index (χ1) is 43.3. The molecule has 88 heavy (non-hydrogen) atoms. The van der Waals surface area contributed by atoms with E-state index in [1.807, 2.05) is 84.9 Å². The van der Waals surface area contributed by atoms with Crippen molar-refractivity contribution < 1.29 is 23.7 Å². The molecule has 1 aliphatic heterocycles. The molecule has 9 heteroatoms. The average Bonchev–Trinajstić information content (AvgIpc) is 1.48. The second-order valence-electron chi connectivity index (χ2n) is 22.3. The summed E-state index contributed by atoms with van der Waals surface area (Å²) in [6, 6.07) is 86.7. The molecule has 0 radical (unpaired) electrons. The van der Waals surface area contributed by atoms with Crippen LogP contribution in [0.4, 0.5) is 22.7 Å². The van der Waals surface area contributed by atoms with Crippen molar-refractivity contribution in [3.63, 3.8) is 0 Å². The molecule has 2 aromatic heterocycles. The lowest BCUT2D eigenvalue weighted by Gasteiger charge is -2.40. The minimum atomic E-state index is -0.850. The second-order valence-corrected chi connectivity index (χ2v) is 22.3. The van der Waals surface area contributed by atoms with Gasteiger partial charge in [-0.2, -0.15) is 0 Å². The van der Waals surface area contributed by atoms with Gasteiger partial charge in [0.25, 0.3) is 0 Å². The lowest BCUT2D eigenvalue weighted by Crippen LogP contribution is -2.32. The Labute approximate surface area is 511 Å². The van der Waals surface area contributed by atoms with Gasteiger partial charge in [0.1, 0.15) is 46.0 Å². The molecule has 0 atom stereocenters. The summed E-state index contributed by atoms with van der Waals surface area (Å²) >= 11 is 0. The van der Waals surface area contributed by atoms with Crippen LogP contribution in [0, 0.1) is 0 Å². The fraction of sp³-hybridized carbons (Fsp3) is 0.0886. The summed E-state index contributed by atoms with van der Waals surface area (Å²) in [6.45, 7) is 10.8. The number of rotatable bonds is 16. The predicted molar refractivity (Wildman–Crippen MR) is 358 cm³/mol. The number of methoxy groups -OCH3 is 2. The van der Waals surface area contributed by atoms with Crippen molar-refractivity contribution in [1.29, 1.82) is 0 Å². The number of para-hydroxylation sites is 4. The molecule has 15 rings (SSSR count). The molecule has 0 unspecified atom stereocenters. The first-order valence-electron chi connectivity index (χ1n) is 29.9. The van der Waals surface area contributed by atoms with E-state index in [0.29, 0.717) is 0 Å². The Morgan fingerprint density at radius 3 is 1.75 bits per heavy atom. The number of hydrogen-bond donors (Lipinski definition) is 1. The van der Waals surface area contributed by atoms with Gasteiger partial charge in [0, 0.05) is 96.6 Å². The van der Waals surface area contributed by atoms with Gasteiger partial charge in [-0.3, -0.25) is 0 Å². The number of benzene rings is 11. The summed E-state index contributed by atoms with van der Waals surface area (Å²) in [7, 11) is 3.42. The molecule has 428 valence electrons. The summed E-state index contributed by atoms with van der Waals surface area (Å²) in [6.07, 6.45) is 4.29. The third-order valence-corrected chi connectivity index (χ3v) is 17.4. The highest BCUT2D eigenvalue weighted by molar-refractivity contribution is 6.10. The fourth-order valence-corrected chi connectivity index (χ4v) is 13.5. The zero-order valence-corrected chi connectivity index (χ0v) is 49.3. The number of nitrogens with one attached hydrogen (secondary N) is 1. The molecule has 0 amide bonds. The first kappa shape index (κ1) is 53.6. The van der Waals surface area contributed by atoms with E-state index in [9.17, 15) is 0 Å². The molecule has 1 N–H and O–H groups in total. The van der Waals surface area contributed by atoms with Crippen LogP contribution in [-0.4, -0.2) is 23.4 Å². The molecular weight excluding hydrogens is 1080 g/mol. The molecule has 1 aliphatic carbocycles. The number of anilines is 4. The van der Waals surface area contributed by atoms with Gasteiger partial charge >= 0.3 is 0 Å². The Bertz CT molecular complexity index is 4840. The number of nitrogens with zero attached hydrogens (tertiary/aromatic N) is 3. The Morgan fingerprint density at radius 1 is 0.477 bits per heavy atom. The van der Waals surface area contributed by atoms with Gasteiger partial charge in [-0.05, 0) is 212 Å². The van der Waals surface area contributed by atoms with Gasteiger partial charge in [-0.1, -0.05) is 97.6 Å². The molecule has 0 saturated carbocycles. The van der Waals surface area contributed by atoms with Crippen molar-refractivity contribution in [2.75, 3.05) is 24.4 Å². The fourth-order valence-electron chi connectivity index (χ4n) is 13.5.